The first-order valence-electron chi connectivity index (χ1n) is 9.94. The number of hydrogen-bond donors (Lipinski definition) is 2. The summed E-state index contributed by atoms with van der Waals surface area (Å²) in [5.41, 5.74) is 2.20. The molecule has 3 aromatic rings. The number of ether oxygens (including phenoxy) is 1. The van der Waals surface area contributed by atoms with Crippen molar-refractivity contribution in [2.75, 3.05) is 24.5 Å². The Morgan fingerprint density at radius 2 is 1.68 bits per heavy atom. The topological polar surface area (TPSA) is 70.7 Å². The van der Waals surface area contributed by atoms with E-state index in [1.54, 1.807) is 29.2 Å². The maximum Gasteiger partial charge on any atom is 0.321 e. The van der Waals surface area contributed by atoms with Crippen LogP contribution in [0.5, 0.6) is 11.5 Å². The Morgan fingerprint density at radius 1 is 0.968 bits per heavy atom. The summed E-state index contributed by atoms with van der Waals surface area (Å²) in [7, 11) is 0. The molecule has 31 heavy (non-hydrogen) atoms. The molecule has 3 aromatic carbocycles. The van der Waals surface area contributed by atoms with Crippen molar-refractivity contribution in [2.24, 2.45) is 0 Å². The van der Waals surface area contributed by atoms with Gasteiger partial charge in [0.05, 0.1) is 6.54 Å². The van der Waals surface area contributed by atoms with Gasteiger partial charge in [-0.05, 0) is 60.7 Å². The summed E-state index contributed by atoms with van der Waals surface area (Å²) in [6, 6.07) is 23.8. The van der Waals surface area contributed by atoms with Gasteiger partial charge >= 0.3 is 6.03 Å². The predicted octanol–water partition coefficient (Wildman–Crippen LogP) is 3.79. The first-order valence-corrected chi connectivity index (χ1v) is 9.94. The Hall–Kier alpha value is -4.24. The highest BCUT2D eigenvalue weighted by molar-refractivity contribution is 5.94. The van der Waals surface area contributed by atoms with Gasteiger partial charge in [0.2, 0.25) is 0 Å². The number of benzene rings is 3. The summed E-state index contributed by atoms with van der Waals surface area (Å²) < 4.78 is 5.73. The molecule has 0 bridgehead atoms. The molecule has 0 aliphatic carbocycles. The van der Waals surface area contributed by atoms with Gasteiger partial charge in [0, 0.05) is 29.9 Å². The fourth-order valence-corrected chi connectivity index (χ4v) is 3.11. The summed E-state index contributed by atoms with van der Waals surface area (Å²) in [5.74, 6) is 7.17. The Bertz CT molecular complexity index is 1110. The lowest BCUT2D eigenvalue weighted by atomic mass is 10.2. The van der Waals surface area contributed by atoms with Gasteiger partial charge in [-0.1, -0.05) is 30.0 Å². The minimum Gasteiger partial charge on any atom is -0.457 e. The van der Waals surface area contributed by atoms with Gasteiger partial charge in [-0.25, -0.2) is 4.79 Å². The molecule has 0 spiro atoms. The summed E-state index contributed by atoms with van der Waals surface area (Å²) in [4.78, 5) is 25.7. The van der Waals surface area contributed by atoms with E-state index in [4.69, 9.17) is 4.74 Å². The Kier molecular flexibility index (Phi) is 6.15. The smallest absolute Gasteiger partial charge is 0.321 e. The molecular weight excluding hydrogens is 390 g/mol. The molecule has 0 aromatic heterocycles. The molecule has 3 amide bonds. The molecule has 0 atom stereocenters. The first-order chi connectivity index (χ1) is 15.2. The molecule has 1 aliphatic heterocycles. The summed E-state index contributed by atoms with van der Waals surface area (Å²) in [6.07, 6.45) is 0. The van der Waals surface area contributed by atoms with E-state index in [1.165, 1.54) is 0 Å². The van der Waals surface area contributed by atoms with E-state index < -0.39 is 0 Å². The predicted molar refractivity (Wildman–Crippen MR) is 119 cm³/mol. The monoisotopic (exact) mass is 411 g/mol. The number of para-hydroxylation sites is 1. The maximum atomic E-state index is 12.3. The van der Waals surface area contributed by atoms with Crippen molar-refractivity contribution in [3.63, 3.8) is 0 Å². The molecule has 2 N–H and O–H groups in total. The van der Waals surface area contributed by atoms with E-state index in [0.717, 1.165) is 17.0 Å². The van der Waals surface area contributed by atoms with Crippen LogP contribution in [-0.4, -0.2) is 31.6 Å². The molecule has 6 heteroatoms. The van der Waals surface area contributed by atoms with Crippen LogP contribution in [0, 0.1) is 11.8 Å². The highest BCUT2D eigenvalue weighted by Crippen LogP contribution is 2.21. The molecule has 1 aliphatic rings. The van der Waals surface area contributed by atoms with Gasteiger partial charge in [0.25, 0.3) is 5.91 Å². The third kappa shape index (κ3) is 5.22. The summed E-state index contributed by atoms with van der Waals surface area (Å²) in [6.45, 7) is 1.55. The van der Waals surface area contributed by atoms with Crippen LogP contribution < -0.4 is 20.3 Å². The fraction of sp³-hybridized carbons (Fsp3) is 0.120. The van der Waals surface area contributed by atoms with Gasteiger partial charge < -0.3 is 15.4 Å². The number of hydrogen-bond acceptors (Lipinski definition) is 3. The van der Waals surface area contributed by atoms with Crippen molar-refractivity contribution >= 4 is 17.6 Å². The van der Waals surface area contributed by atoms with Crippen molar-refractivity contribution < 1.29 is 14.3 Å². The van der Waals surface area contributed by atoms with Crippen molar-refractivity contribution in [2.45, 2.75) is 0 Å². The number of nitrogens with one attached hydrogen (secondary N) is 2. The molecular formula is C25H21N3O3. The largest absolute Gasteiger partial charge is 0.457 e. The average molecular weight is 411 g/mol. The van der Waals surface area contributed by atoms with Crippen molar-refractivity contribution in [1.29, 1.82) is 0 Å². The standard InChI is InChI=1S/C25H21N3O3/c29-24(20-10-14-23(15-11-20)31-22-6-2-1-3-7-22)26-16-4-5-19-8-12-21(13-9-19)28-18-17-27-25(28)30/h1-3,6-15H,16-18H2,(H,26,29)(H,27,30). The number of rotatable bonds is 5. The van der Waals surface area contributed by atoms with Crippen molar-refractivity contribution in [1.82, 2.24) is 10.6 Å². The third-order valence-corrected chi connectivity index (χ3v) is 4.70. The second kappa shape index (κ2) is 9.51. The van der Waals surface area contributed by atoms with Gasteiger partial charge in [0.15, 0.2) is 0 Å². The van der Waals surface area contributed by atoms with E-state index in [1.807, 2.05) is 54.6 Å². The second-order valence-electron chi connectivity index (χ2n) is 6.85. The number of amides is 3. The molecule has 0 unspecified atom stereocenters. The second-order valence-corrected chi connectivity index (χ2v) is 6.85. The Morgan fingerprint density at radius 3 is 2.35 bits per heavy atom. The van der Waals surface area contributed by atoms with E-state index in [2.05, 4.69) is 22.5 Å². The normalized spacial score (nSPS) is 12.5. The van der Waals surface area contributed by atoms with Gasteiger partial charge in [-0.15, -0.1) is 0 Å². The zero-order valence-electron chi connectivity index (χ0n) is 16.8. The van der Waals surface area contributed by atoms with E-state index in [-0.39, 0.29) is 18.5 Å². The molecule has 0 saturated carbocycles. The van der Waals surface area contributed by atoms with Crippen LogP contribution in [0.4, 0.5) is 10.5 Å². The number of carbonyl (C=O) groups excluding carboxylic acids is 2. The van der Waals surface area contributed by atoms with Crippen LogP contribution in [0.2, 0.25) is 0 Å². The lowest BCUT2D eigenvalue weighted by Crippen LogP contribution is -2.27. The van der Waals surface area contributed by atoms with Gasteiger partial charge in [-0.3, -0.25) is 9.69 Å². The van der Waals surface area contributed by atoms with Crippen molar-refractivity contribution in [3.8, 4) is 23.3 Å². The number of anilines is 1. The van der Waals surface area contributed by atoms with Crippen molar-refractivity contribution in [3.05, 3.63) is 90.0 Å². The minimum atomic E-state index is -0.198. The average Bonchev–Trinajstić information content (AvgIpc) is 3.24. The van der Waals surface area contributed by atoms with E-state index in [9.17, 15) is 9.59 Å². The molecule has 1 saturated heterocycles. The Balaban J connectivity index is 1.27. The lowest BCUT2D eigenvalue weighted by molar-refractivity contribution is 0.0958. The summed E-state index contributed by atoms with van der Waals surface area (Å²) >= 11 is 0. The number of urea groups is 1. The highest BCUT2D eigenvalue weighted by Gasteiger charge is 2.20. The molecule has 1 heterocycles. The van der Waals surface area contributed by atoms with E-state index >= 15 is 0 Å². The van der Waals surface area contributed by atoms with Crippen LogP contribution in [0.25, 0.3) is 0 Å². The zero-order valence-corrected chi connectivity index (χ0v) is 16.8. The lowest BCUT2D eigenvalue weighted by Gasteiger charge is -2.13. The van der Waals surface area contributed by atoms with Crippen LogP contribution in [0.1, 0.15) is 15.9 Å². The van der Waals surface area contributed by atoms with Gasteiger partial charge in [0.1, 0.15) is 11.5 Å². The maximum absolute atomic E-state index is 12.3. The van der Waals surface area contributed by atoms with Gasteiger partial charge in [-0.2, -0.15) is 0 Å². The molecule has 154 valence electrons. The quantitative estimate of drug-likeness (QED) is 0.628. The SMILES string of the molecule is O=C(NCC#Cc1ccc(N2CCNC2=O)cc1)c1ccc(Oc2ccccc2)cc1. The van der Waals surface area contributed by atoms with Crippen LogP contribution >= 0.6 is 0 Å². The number of carbonyl (C=O) groups is 2. The van der Waals surface area contributed by atoms with Crippen LogP contribution in [0.15, 0.2) is 78.9 Å². The van der Waals surface area contributed by atoms with Crippen LogP contribution in [-0.2, 0) is 0 Å². The van der Waals surface area contributed by atoms with Crippen LogP contribution in [0.3, 0.4) is 0 Å². The summed E-state index contributed by atoms with van der Waals surface area (Å²) in [5, 5.41) is 5.56. The zero-order chi connectivity index (χ0) is 21.5. The fourth-order valence-electron chi connectivity index (χ4n) is 3.11. The number of nitrogens with zero attached hydrogens (tertiary/aromatic N) is 1. The molecule has 0 radical (unpaired) electrons. The van der Waals surface area contributed by atoms with E-state index in [0.29, 0.717) is 24.4 Å². The first kappa shape index (κ1) is 20.0. The highest BCUT2D eigenvalue weighted by atomic mass is 16.5. The minimum absolute atomic E-state index is 0.0822. The molecule has 6 nitrogen and oxygen atoms in total. The molecule has 1 fully saturated rings. The Labute approximate surface area is 180 Å². The molecule has 4 rings (SSSR count). The third-order valence-electron chi connectivity index (χ3n) is 4.70.